The molecular weight excluding hydrogens is 268 g/mol. The Labute approximate surface area is 127 Å². The van der Waals surface area contributed by atoms with E-state index in [-0.39, 0.29) is 0 Å². The van der Waals surface area contributed by atoms with Crippen LogP contribution in [0.3, 0.4) is 0 Å². The summed E-state index contributed by atoms with van der Waals surface area (Å²) in [5.74, 6) is 0.701. The molecule has 3 nitrogen and oxygen atoms in total. The van der Waals surface area contributed by atoms with Crippen LogP contribution in [0.5, 0.6) is 0 Å². The van der Waals surface area contributed by atoms with Gasteiger partial charge in [-0.3, -0.25) is 4.90 Å². The van der Waals surface area contributed by atoms with E-state index >= 15 is 0 Å². The van der Waals surface area contributed by atoms with Gasteiger partial charge in [-0.15, -0.1) is 17.9 Å². The van der Waals surface area contributed by atoms with E-state index in [1.54, 1.807) is 7.11 Å². The fourth-order valence-electron chi connectivity index (χ4n) is 1.94. The number of nitrogens with zero attached hydrogens (tertiary/aromatic N) is 1. The highest BCUT2D eigenvalue weighted by Gasteiger charge is 2.07. The maximum Gasteiger partial charge on any atom is 0.0589 e. The van der Waals surface area contributed by atoms with Gasteiger partial charge in [0, 0.05) is 43.0 Å². The molecule has 1 aromatic heterocycles. The second kappa shape index (κ2) is 10.1. The first-order valence-corrected chi connectivity index (χ1v) is 8.07. The summed E-state index contributed by atoms with van der Waals surface area (Å²) in [5.41, 5.74) is 0. The Balaban J connectivity index is 2.41. The Morgan fingerprint density at radius 2 is 2.15 bits per heavy atom. The minimum absolute atomic E-state index is 0.701. The average Bonchev–Trinajstić information content (AvgIpc) is 2.83. The highest BCUT2D eigenvalue weighted by atomic mass is 32.1. The fraction of sp³-hybridized carbons (Fsp3) is 0.625. The Morgan fingerprint density at radius 1 is 1.40 bits per heavy atom. The number of nitrogens with one attached hydrogen (secondary N) is 1. The standard InChI is InChI=1S/C16H28N2OS/c1-5-8-18(9-10-19-4)13-16-7-6-15(20-16)12-17-11-14(2)3/h5-7,14,17H,1,8-13H2,2-4H3. The lowest BCUT2D eigenvalue weighted by molar-refractivity contribution is 0.151. The Kier molecular flexibility index (Phi) is 8.78. The third-order valence-electron chi connectivity index (χ3n) is 2.95. The first kappa shape index (κ1) is 17.4. The minimum atomic E-state index is 0.701. The summed E-state index contributed by atoms with van der Waals surface area (Å²) >= 11 is 1.89. The van der Waals surface area contributed by atoms with Gasteiger partial charge < -0.3 is 10.1 Å². The first-order valence-electron chi connectivity index (χ1n) is 7.26. The van der Waals surface area contributed by atoms with Crippen LogP contribution in [0, 0.1) is 5.92 Å². The maximum atomic E-state index is 5.15. The van der Waals surface area contributed by atoms with E-state index in [1.165, 1.54) is 9.75 Å². The van der Waals surface area contributed by atoms with Crippen LogP contribution in [0.1, 0.15) is 23.6 Å². The molecule has 1 aromatic rings. The van der Waals surface area contributed by atoms with Crippen molar-refractivity contribution in [1.29, 1.82) is 0 Å². The van der Waals surface area contributed by atoms with Gasteiger partial charge in [0.15, 0.2) is 0 Å². The van der Waals surface area contributed by atoms with Crippen molar-refractivity contribution in [3.05, 3.63) is 34.5 Å². The van der Waals surface area contributed by atoms with E-state index in [0.29, 0.717) is 5.92 Å². The van der Waals surface area contributed by atoms with Gasteiger partial charge in [-0.25, -0.2) is 0 Å². The lowest BCUT2D eigenvalue weighted by Crippen LogP contribution is -2.26. The first-order chi connectivity index (χ1) is 9.65. The van der Waals surface area contributed by atoms with Crippen molar-refractivity contribution in [2.24, 2.45) is 5.92 Å². The SMILES string of the molecule is C=CCN(CCOC)Cc1ccc(CNCC(C)C)s1. The predicted molar refractivity (Wildman–Crippen MR) is 88.2 cm³/mol. The Morgan fingerprint density at radius 3 is 2.80 bits per heavy atom. The van der Waals surface area contributed by atoms with Gasteiger partial charge >= 0.3 is 0 Å². The Bertz CT molecular complexity index is 376. The highest BCUT2D eigenvalue weighted by Crippen LogP contribution is 2.18. The summed E-state index contributed by atoms with van der Waals surface area (Å²) in [6.45, 7) is 13.9. The molecule has 0 amide bonds. The van der Waals surface area contributed by atoms with Gasteiger partial charge in [0.05, 0.1) is 6.61 Å². The van der Waals surface area contributed by atoms with Crippen molar-refractivity contribution in [1.82, 2.24) is 10.2 Å². The van der Waals surface area contributed by atoms with Crippen molar-refractivity contribution in [3.8, 4) is 0 Å². The summed E-state index contributed by atoms with van der Waals surface area (Å²) in [6.07, 6.45) is 1.95. The summed E-state index contributed by atoms with van der Waals surface area (Å²) in [5, 5.41) is 3.49. The van der Waals surface area contributed by atoms with Crippen LogP contribution in [-0.4, -0.2) is 38.3 Å². The summed E-state index contributed by atoms with van der Waals surface area (Å²) < 4.78 is 5.15. The quantitative estimate of drug-likeness (QED) is 0.635. The third-order valence-corrected chi connectivity index (χ3v) is 4.02. The van der Waals surface area contributed by atoms with Crippen LogP contribution >= 0.6 is 11.3 Å². The molecule has 0 bridgehead atoms. The number of rotatable bonds is 11. The second-order valence-corrected chi connectivity index (χ2v) is 6.66. The molecule has 0 aliphatic heterocycles. The van der Waals surface area contributed by atoms with Gasteiger partial charge in [-0.1, -0.05) is 19.9 Å². The average molecular weight is 296 g/mol. The van der Waals surface area contributed by atoms with Gasteiger partial charge in [-0.05, 0) is 24.6 Å². The van der Waals surface area contributed by atoms with E-state index in [1.807, 2.05) is 17.4 Å². The molecule has 0 radical (unpaired) electrons. The van der Waals surface area contributed by atoms with Crippen molar-refractivity contribution in [3.63, 3.8) is 0 Å². The van der Waals surface area contributed by atoms with E-state index in [0.717, 1.165) is 39.3 Å². The molecule has 0 aliphatic carbocycles. The van der Waals surface area contributed by atoms with Gasteiger partial charge in [0.2, 0.25) is 0 Å². The fourth-order valence-corrected chi connectivity index (χ4v) is 2.97. The van der Waals surface area contributed by atoms with E-state index in [9.17, 15) is 0 Å². The molecule has 0 spiro atoms. The third kappa shape index (κ3) is 7.20. The lowest BCUT2D eigenvalue weighted by atomic mass is 10.2. The van der Waals surface area contributed by atoms with Gasteiger partial charge in [0.25, 0.3) is 0 Å². The monoisotopic (exact) mass is 296 g/mol. The van der Waals surface area contributed by atoms with Crippen LogP contribution in [0.2, 0.25) is 0 Å². The molecule has 114 valence electrons. The largest absolute Gasteiger partial charge is 0.383 e. The van der Waals surface area contributed by atoms with Gasteiger partial charge in [0.1, 0.15) is 0 Å². The molecule has 0 atom stereocenters. The molecule has 1 N–H and O–H groups in total. The molecular formula is C16H28N2OS. The molecule has 1 rings (SSSR count). The molecule has 20 heavy (non-hydrogen) atoms. The van der Waals surface area contributed by atoms with E-state index in [2.05, 4.69) is 42.8 Å². The molecule has 0 unspecified atom stereocenters. The second-order valence-electron chi connectivity index (χ2n) is 5.41. The topological polar surface area (TPSA) is 24.5 Å². The molecule has 4 heteroatoms. The van der Waals surface area contributed by atoms with Crippen LogP contribution in [-0.2, 0) is 17.8 Å². The van der Waals surface area contributed by atoms with Crippen LogP contribution in [0.15, 0.2) is 24.8 Å². The lowest BCUT2D eigenvalue weighted by Gasteiger charge is -2.19. The highest BCUT2D eigenvalue weighted by molar-refractivity contribution is 7.11. The molecule has 0 saturated carbocycles. The number of ether oxygens (including phenoxy) is 1. The van der Waals surface area contributed by atoms with Crippen LogP contribution in [0.25, 0.3) is 0 Å². The summed E-state index contributed by atoms with van der Waals surface area (Å²) in [6, 6.07) is 4.47. The van der Waals surface area contributed by atoms with Crippen LogP contribution < -0.4 is 5.32 Å². The van der Waals surface area contributed by atoms with Crippen molar-refractivity contribution in [2.45, 2.75) is 26.9 Å². The van der Waals surface area contributed by atoms with Crippen molar-refractivity contribution in [2.75, 3.05) is 33.4 Å². The summed E-state index contributed by atoms with van der Waals surface area (Å²) in [4.78, 5) is 5.17. The summed E-state index contributed by atoms with van der Waals surface area (Å²) in [7, 11) is 1.75. The molecule has 0 aliphatic rings. The number of hydrogen-bond acceptors (Lipinski definition) is 4. The minimum Gasteiger partial charge on any atom is -0.383 e. The maximum absolute atomic E-state index is 5.15. The van der Waals surface area contributed by atoms with Crippen LogP contribution in [0.4, 0.5) is 0 Å². The smallest absolute Gasteiger partial charge is 0.0589 e. The molecule has 1 heterocycles. The zero-order valence-corrected chi connectivity index (χ0v) is 13.8. The molecule has 0 saturated heterocycles. The van der Waals surface area contributed by atoms with Gasteiger partial charge in [-0.2, -0.15) is 0 Å². The molecule has 0 aromatic carbocycles. The van der Waals surface area contributed by atoms with E-state index < -0.39 is 0 Å². The predicted octanol–water partition coefficient (Wildman–Crippen LogP) is 3.13. The zero-order chi connectivity index (χ0) is 14.8. The number of hydrogen-bond donors (Lipinski definition) is 1. The molecule has 0 fully saturated rings. The normalized spacial score (nSPS) is 11.4. The van der Waals surface area contributed by atoms with E-state index in [4.69, 9.17) is 4.74 Å². The number of thiophene rings is 1. The zero-order valence-electron chi connectivity index (χ0n) is 13.0. The van der Waals surface area contributed by atoms with Crippen molar-refractivity contribution >= 4 is 11.3 Å². The Hall–Kier alpha value is -0.680. The number of methoxy groups -OCH3 is 1. The van der Waals surface area contributed by atoms with Crippen molar-refractivity contribution < 1.29 is 4.74 Å².